The lowest BCUT2D eigenvalue weighted by Gasteiger charge is -2.22. The zero-order valence-electron chi connectivity index (χ0n) is 13.7. The molecule has 0 amide bonds. The van der Waals surface area contributed by atoms with E-state index < -0.39 is 24.2 Å². The lowest BCUT2D eigenvalue weighted by Crippen LogP contribution is -2.32. The summed E-state index contributed by atoms with van der Waals surface area (Å²) >= 11 is 0. The van der Waals surface area contributed by atoms with Crippen molar-refractivity contribution in [3.63, 3.8) is 0 Å². The van der Waals surface area contributed by atoms with Crippen molar-refractivity contribution in [2.24, 2.45) is 0 Å². The van der Waals surface area contributed by atoms with Gasteiger partial charge in [0.2, 0.25) is 6.29 Å². The minimum atomic E-state index is -0.710. The fourth-order valence-electron chi connectivity index (χ4n) is 1.01. The summed E-state index contributed by atoms with van der Waals surface area (Å²) < 4.78 is 19.3. The summed E-state index contributed by atoms with van der Waals surface area (Å²) in [5.41, 5.74) is 0.753. The maximum absolute atomic E-state index is 11.0. The van der Waals surface area contributed by atoms with Crippen molar-refractivity contribution >= 4 is 17.9 Å². The lowest BCUT2D eigenvalue weighted by atomic mass is 10.3. The molecule has 0 N–H and O–H groups in total. The molecule has 7 nitrogen and oxygen atoms in total. The second-order valence-corrected chi connectivity index (χ2v) is 4.80. The molecule has 0 bridgehead atoms. The van der Waals surface area contributed by atoms with Crippen LogP contribution in [0.1, 0.15) is 20.8 Å². The van der Waals surface area contributed by atoms with Crippen LogP contribution in [0.25, 0.3) is 0 Å². The van der Waals surface area contributed by atoms with Gasteiger partial charge in [-0.1, -0.05) is 19.7 Å². The lowest BCUT2D eigenvalue weighted by molar-refractivity contribution is -0.210. The summed E-state index contributed by atoms with van der Waals surface area (Å²) in [6.45, 7) is 15.9. The van der Waals surface area contributed by atoms with Gasteiger partial charge < -0.3 is 18.9 Å². The molecule has 1 unspecified atom stereocenters. The molecule has 1 saturated heterocycles. The van der Waals surface area contributed by atoms with Gasteiger partial charge in [-0.05, 0) is 20.8 Å². The number of hydrogen-bond donors (Lipinski definition) is 0. The molecule has 0 spiro atoms. The predicted molar refractivity (Wildman–Crippen MR) is 82.2 cm³/mol. The highest BCUT2D eigenvalue weighted by Crippen LogP contribution is 2.05. The Kier molecular flexibility index (Phi) is 9.45. The number of rotatable bonds is 4. The Hall–Kier alpha value is -2.25. The number of esters is 3. The molecule has 23 heavy (non-hydrogen) atoms. The molecule has 0 saturated carbocycles. The molecule has 1 aliphatic rings. The van der Waals surface area contributed by atoms with Gasteiger partial charge in [-0.2, -0.15) is 0 Å². The summed E-state index contributed by atoms with van der Waals surface area (Å²) in [7, 11) is 0. The van der Waals surface area contributed by atoms with Gasteiger partial charge in [0.1, 0.15) is 6.61 Å². The second-order valence-electron chi connectivity index (χ2n) is 4.80. The van der Waals surface area contributed by atoms with E-state index in [0.29, 0.717) is 25.4 Å². The van der Waals surface area contributed by atoms with Crippen LogP contribution in [-0.2, 0) is 33.3 Å². The number of ether oxygens (including phenoxy) is 4. The van der Waals surface area contributed by atoms with Crippen LogP contribution in [0.4, 0.5) is 0 Å². The Labute approximate surface area is 135 Å². The Morgan fingerprint density at radius 1 is 0.870 bits per heavy atom. The molecule has 0 aromatic rings. The predicted octanol–water partition coefficient (Wildman–Crippen LogP) is 1.69. The SMILES string of the molecule is C=C(C)C(=O)OC(=O)C(=C)C.C=C(C)C(=O)OC1COCCO1. The normalized spacial score (nSPS) is 16.2. The van der Waals surface area contributed by atoms with Gasteiger partial charge in [0.15, 0.2) is 0 Å². The van der Waals surface area contributed by atoms with Crippen LogP contribution in [0.15, 0.2) is 36.5 Å². The van der Waals surface area contributed by atoms with E-state index in [1.54, 1.807) is 6.92 Å². The fourth-order valence-corrected chi connectivity index (χ4v) is 1.01. The van der Waals surface area contributed by atoms with Gasteiger partial charge in [0, 0.05) is 16.7 Å². The van der Waals surface area contributed by atoms with Crippen LogP contribution >= 0.6 is 0 Å². The quantitative estimate of drug-likeness (QED) is 0.441. The molecule has 0 aromatic carbocycles. The summed E-state index contributed by atoms with van der Waals surface area (Å²) in [6.07, 6.45) is -0.567. The van der Waals surface area contributed by atoms with E-state index in [9.17, 15) is 14.4 Å². The van der Waals surface area contributed by atoms with E-state index in [1.807, 2.05) is 0 Å². The average Bonchev–Trinajstić information content (AvgIpc) is 2.48. The number of carbonyl (C=O) groups excluding carboxylic acids is 3. The highest BCUT2D eigenvalue weighted by molar-refractivity contribution is 6.00. The third kappa shape index (κ3) is 9.38. The molecule has 1 aliphatic heterocycles. The van der Waals surface area contributed by atoms with E-state index >= 15 is 0 Å². The molecule has 1 rings (SSSR count). The Balaban J connectivity index is 0.000000423. The van der Waals surface area contributed by atoms with Crippen molar-refractivity contribution in [3.8, 4) is 0 Å². The molecule has 128 valence electrons. The smallest absolute Gasteiger partial charge is 0.340 e. The van der Waals surface area contributed by atoms with E-state index in [0.717, 1.165) is 0 Å². The molecule has 1 fully saturated rings. The van der Waals surface area contributed by atoms with Gasteiger partial charge in [-0.3, -0.25) is 0 Å². The molecule has 0 radical (unpaired) electrons. The summed E-state index contributed by atoms with van der Waals surface area (Å²) in [5.74, 6) is -1.86. The van der Waals surface area contributed by atoms with Crippen LogP contribution in [-0.4, -0.2) is 44.0 Å². The zero-order chi connectivity index (χ0) is 18.0. The maximum atomic E-state index is 11.0. The Morgan fingerprint density at radius 3 is 1.70 bits per heavy atom. The second kappa shape index (κ2) is 10.5. The van der Waals surface area contributed by atoms with Gasteiger partial charge in [0.25, 0.3) is 0 Å². The van der Waals surface area contributed by atoms with Crippen LogP contribution in [0.5, 0.6) is 0 Å². The zero-order valence-corrected chi connectivity index (χ0v) is 13.7. The molecule has 7 heteroatoms. The third-order valence-electron chi connectivity index (χ3n) is 2.25. The number of carbonyl (C=O) groups is 3. The van der Waals surface area contributed by atoms with Gasteiger partial charge in [-0.25, -0.2) is 14.4 Å². The first-order valence-corrected chi connectivity index (χ1v) is 6.78. The molecule has 0 aromatic heterocycles. The average molecular weight is 326 g/mol. The largest absolute Gasteiger partial charge is 0.430 e. The third-order valence-corrected chi connectivity index (χ3v) is 2.25. The molecule has 1 atom stereocenters. The first-order valence-electron chi connectivity index (χ1n) is 6.78. The maximum Gasteiger partial charge on any atom is 0.340 e. The van der Waals surface area contributed by atoms with E-state index in [2.05, 4.69) is 24.5 Å². The van der Waals surface area contributed by atoms with Crippen LogP contribution < -0.4 is 0 Å². The monoisotopic (exact) mass is 326 g/mol. The van der Waals surface area contributed by atoms with Gasteiger partial charge in [0.05, 0.1) is 13.2 Å². The first kappa shape index (κ1) is 20.8. The summed E-state index contributed by atoms with van der Waals surface area (Å²) in [5, 5.41) is 0. The highest BCUT2D eigenvalue weighted by Gasteiger charge is 2.18. The van der Waals surface area contributed by atoms with Crippen LogP contribution in [0.3, 0.4) is 0 Å². The standard InChI is InChI=1S/C8H12O4.C8H10O3/c1-6(2)8(9)12-7-5-10-3-4-11-7;1-5(2)7(9)11-8(10)6(3)4/h7H,1,3-5H2,2H3;1,3H2,2,4H3. The minimum absolute atomic E-state index is 0.194. The number of hydrogen-bond acceptors (Lipinski definition) is 7. The van der Waals surface area contributed by atoms with Gasteiger partial charge >= 0.3 is 17.9 Å². The Bertz CT molecular complexity index is 475. The summed E-state index contributed by atoms with van der Waals surface area (Å²) in [6, 6.07) is 0. The molecular weight excluding hydrogens is 304 g/mol. The van der Waals surface area contributed by atoms with E-state index in [-0.39, 0.29) is 11.1 Å². The van der Waals surface area contributed by atoms with Crippen molar-refractivity contribution < 1.29 is 33.3 Å². The topological polar surface area (TPSA) is 88.1 Å². The summed E-state index contributed by atoms with van der Waals surface area (Å²) in [4.78, 5) is 32.3. The van der Waals surface area contributed by atoms with Crippen LogP contribution in [0, 0.1) is 0 Å². The van der Waals surface area contributed by atoms with Crippen molar-refractivity contribution in [1.29, 1.82) is 0 Å². The highest BCUT2D eigenvalue weighted by atomic mass is 16.7. The fraction of sp³-hybridized carbons (Fsp3) is 0.438. The molecule has 1 heterocycles. The van der Waals surface area contributed by atoms with Crippen molar-refractivity contribution in [1.82, 2.24) is 0 Å². The van der Waals surface area contributed by atoms with Crippen LogP contribution in [0.2, 0.25) is 0 Å². The Morgan fingerprint density at radius 2 is 1.35 bits per heavy atom. The first-order chi connectivity index (χ1) is 10.6. The van der Waals surface area contributed by atoms with E-state index in [4.69, 9.17) is 14.2 Å². The van der Waals surface area contributed by atoms with Crippen molar-refractivity contribution in [2.75, 3.05) is 19.8 Å². The molecular formula is C16H22O7. The molecule has 0 aliphatic carbocycles. The minimum Gasteiger partial charge on any atom is -0.430 e. The van der Waals surface area contributed by atoms with Crippen molar-refractivity contribution in [3.05, 3.63) is 36.5 Å². The van der Waals surface area contributed by atoms with E-state index in [1.165, 1.54) is 13.8 Å². The van der Waals surface area contributed by atoms with Gasteiger partial charge in [-0.15, -0.1) is 0 Å². The van der Waals surface area contributed by atoms with Crippen molar-refractivity contribution in [2.45, 2.75) is 27.1 Å².